The number of anilines is 1. The third-order valence-electron chi connectivity index (χ3n) is 19.3. The number of aliphatic hydroxyl groups is 3. The van der Waals surface area contributed by atoms with E-state index in [9.17, 15) is 42.9 Å². The number of aromatic nitrogens is 17. The maximum absolute atomic E-state index is 14.5. The third-order valence-corrected chi connectivity index (χ3v) is 19.3. The summed E-state index contributed by atoms with van der Waals surface area (Å²) in [4.78, 5) is 91.2. The largest absolute Gasteiger partial charge is 0.382 e. The summed E-state index contributed by atoms with van der Waals surface area (Å²) in [6.45, 7) is 28.2. The molecular weight excluding hydrogens is 1410 g/mol. The van der Waals surface area contributed by atoms with E-state index in [1.54, 1.807) is 147 Å². The summed E-state index contributed by atoms with van der Waals surface area (Å²) in [5.74, 6) is -0.168. The molecule has 0 unspecified atom stereocenters. The number of rotatable bonds is 15. The molecule has 27 heteroatoms. The van der Waals surface area contributed by atoms with Crippen LogP contribution in [0, 0.1) is 79.8 Å². The topological polar surface area (TPSA) is 294 Å². The monoisotopic (exact) mass is 1500 g/mol. The number of benzene rings is 1. The molecule has 0 radical (unpaired) electrons. The quantitative estimate of drug-likeness (QED) is 0.0859. The van der Waals surface area contributed by atoms with E-state index in [0.29, 0.717) is 105 Å². The van der Waals surface area contributed by atoms with E-state index < -0.39 is 22.6 Å². The van der Waals surface area contributed by atoms with Crippen molar-refractivity contribution in [1.82, 2.24) is 82.9 Å². The van der Waals surface area contributed by atoms with Gasteiger partial charge in [0.15, 0.2) is 17.5 Å². The number of hydrogen-bond donors (Lipinski definition) is 3. The Morgan fingerprint density at radius 2 is 0.892 bits per heavy atom. The molecule has 14 heterocycles. The van der Waals surface area contributed by atoms with Crippen LogP contribution in [0.2, 0.25) is 0 Å². The first-order valence-corrected chi connectivity index (χ1v) is 36.0. The zero-order valence-electron chi connectivity index (χ0n) is 64.2. The Morgan fingerprint density at radius 1 is 0.414 bits per heavy atom. The van der Waals surface area contributed by atoms with Gasteiger partial charge in [-0.05, 0) is 223 Å². The molecule has 24 nitrogen and oxygen atoms in total. The highest BCUT2D eigenvalue weighted by molar-refractivity contribution is 5.81. The van der Waals surface area contributed by atoms with Crippen LogP contribution in [0.4, 0.5) is 18.9 Å². The lowest BCUT2D eigenvalue weighted by Crippen LogP contribution is -2.25. The third kappa shape index (κ3) is 15.9. The second-order valence-corrected chi connectivity index (χ2v) is 29.7. The lowest BCUT2D eigenvalue weighted by atomic mass is 10.1. The van der Waals surface area contributed by atoms with Gasteiger partial charge in [0.1, 0.15) is 34.3 Å². The molecule has 0 saturated heterocycles. The molecule has 1 aliphatic heterocycles. The van der Waals surface area contributed by atoms with Crippen molar-refractivity contribution in [3.63, 3.8) is 0 Å². The fraction of sp³-hybridized carbons (Fsp3) is 0.274. The number of nitrogens with zero attached hydrogens (tertiary/aromatic N) is 18. The van der Waals surface area contributed by atoms with Gasteiger partial charge in [0.05, 0.1) is 116 Å². The van der Waals surface area contributed by atoms with Gasteiger partial charge in [0, 0.05) is 90.0 Å². The van der Waals surface area contributed by atoms with Crippen molar-refractivity contribution in [3.05, 3.63) is 292 Å². The van der Waals surface area contributed by atoms with Crippen LogP contribution in [0.25, 0.3) is 73.0 Å². The van der Waals surface area contributed by atoms with Gasteiger partial charge in [0.25, 0.3) is 16.7 Å². The summed E-state index contributed by atoms with van der Waals surface area (Å²) >= 11 is 0. The molecule has 566 valence electrons. The predicted molar refractivity (Wildman–Crippen MR) is 417 cm³/mol. The van der Waals surface area contributed by atoms with Crippen LogP contribution in [-0.2, 0) is 42.9 Å². The maximum atomic E-state index is 14.5. The van der Waals surface area contributed by atoms with Crippen LogP contribution in [0.1, 0.15) is 132 Å². The molecule has 0 spiro atoms. The molecule has 0 amide bonds. The van der Waals surface area contributed by atoms with Gasteiger partial charge in [-0.1, -0.05) is 12.1 Å². The zero-order valence-corrected chi connectivity index (χ0v) is 64.2. The Labute approximate surface area is 637 Å². The molecule has 15 rings (SSSR count). The minimum absolute atomic E-state index is 0.0681. The van der Waals surface area contributed by atoms with Gasteiger partial charge in [0.2, 0.25) is 0 Å². The number of fused-ring (bicyclic) bond motifs is 3. The Balaban J connectivity index is 0.000000146. The number of pyridine rings is 8. The van der Waals surface area contributed by atoms with Crippen molar-refractivity contribution in [3.8, 4) is 51.2 Å². The first kappa shape index (κ1) is 76.7. The van der Waals surface area contributed by atoms with Crippen LogP contribution in [0.15, 0.2) is 167 Å². The van der Waals surface area contributed by atoms with Crippen molar-refractivity contribution in [2.75, 3.05) is 11.4 Å². The second-order valence-electron chi connectivity index (χ2n) is 29.7. The summed E-state index contributed by atoms with van der Waals surface area (Å²) in [6.07, 6.45) is 16.6. The van der Waals surface area contributed by atoms with E-state index in [1.807, 2.05) is 103 Å². The van der Waals surface area contributed by atoms with Crippen LogP contribution >= 0.6 is 0 Å². The van der Waals surface area contributed by atoms with E-state index in [4.69, 9.17) is 0 Å². The molecule has 0 atom stereocenters. The molecule has 0 bridgehead atoms. The average Bonchev–Trinajstić information content (AvgIpc) is 1.73. The van der Waals surface area contributed by atoms with E-state index in [-0.39, 0.29) is 52.2 Å². The van der Waals surface area contributed by atoms with Gasteiger partial charge in [-0.2, -0.15) is 5.10 Å². The minimum Gasteiger partial charge on any atom is -0.382 e. The summed E-state index contributed by atoms with van der Waals surface area (Å²) in [5, 5.41) is 36.3. The second kappa shape index (κ2) is 30.2. The standard InChI is InChI=1S/C29H28FN5O2.C28H29FN6O2.C27H26FN7O2/c1-17-6-7-20(22(30)12-17)16-34-11-9-21-26(34)13-19(3)35(27(21)36)25-14-24(32-15-18(25)2)23-8-10-31-28(33-23)29(4,5)37;1-16-10-19(29)14-32-23(16)15-34-9-7-20-25(34)11-18(3)35(26(20)36)24-12-22(31-13-17(24)2)21-6-8-30-27(33-21)28(4,5)37;1-15-8-19(28)22(30-11-15)14-34-24-9-17(3)35(25(36)18(24)13-32-34)23-10-21(31-12-16(23)2)20-6-7-29-26(33-20)27(4,5)37/h6-15,37H,16H2,1-5H3;6,8,10-14,37H,7,9,15H2,1-5H3;6-13,37H,14H2,1-5H3. The molecule has 0 aliphatic carbocycles. The lowest BCUT2D eigenvalue weighted by Gasteiger charge is -2.22. The zero-order chi connectivity index (χ0) is 79.4. The van der Waals surface area contributed by atoms with Crippen LogP contribution in [-0.4, -0.2) is 105 Å². The first-order valence-electron chi connectivity index (χ1n) is 36.0. The molecule has 0 saturated carbocycles. The predicted octanol–water partition coefficient (Wildman–Crippen LogP) is 12.7. The molecule has 0 fully saturated rings. The summed E-state index contributed by atoms with van der Waals surface area (Å²) in [7, 11) is 0. The fourth-order valence-corrected chi connectivity index (χ4v) is 13.4. The maximum Gasteiger partial charge on any atom is 0.266 e. The Bertz CT molecular complexity index is 5930. The summed E-state index contributed by atoms with van der Waals surface area (Å²) in [5.41, 5.74) is 13.0. The van der Waals surface area contributed by atoms with Crippen molar-refractivity contribution >= 4 is 27.5 Å². The Hall–Kier alpha value is -12.5. The highest BCUT2D eigenvalue weighted by atomic mass is 19.1. The van der Waals surface area contributed by atoms with Gasteiger partial charge >= 0.3 is 0 Å². The molecule has 3 N–H and O–H groups in total. The molecular formula is C84H83F3N18O6. The molecule has 14 aromatic rings. The van der Waals surface area contributed by atoms with E-state index in [0.717, 1.165) is 72.9 Å². The van der Waals surface area contributed by atoms with Gasteiger partial charge in [-0.15, -0.1) is 0 Å². The van der Waals surface area contributed by atoms with Crippen molar-refractivity contribution < 1.29 is 28.5 Å². The smallest absolute Gasteiger partial charge is 0.266 e. The van der Waals surface area contributed by atoms with Gasteiger partial charge < -0.3 is 24.8 Å². The summed E-state index contributed by atoms with van der Waals surface area (Å²) in [6, 6.07) is 26.3. The van der Waals surface area contributed by atoms with Crippen LogP contribution < -0.4 is 21.6 Å². The Kier molecular flexibility index (Phi) is 20.9. The molecule has 13 aromatic heterocycles. The van der Waals surface area contributed by atoms with E-state index in [2.05, 4.69) is 64.8 Å². The van der Waals surface area contributed by atoms with Crippen LogP contribution in [0.5, 0.6) is 0 Å². The van der Waals surface area contributed by atoms with Gasteiger partial charge in [-0.25, -0.2) is 43.1 Å². The lowest BCUT2D eigenvalue weighted by molar-refractivity contribution is 0.0683. The van der Waals surface area contributed by atoms with Crippen molar-refractivity contribution in [2.24, 2.45) is 0 Å². The van der Waals surface area contributed by atoms with Crippen LogP contribution in [0.3, 0.4) is 0 Å². The highest BCUT2D eigenvalue weighted by Crippen LogP contribution is 2.33. The molecule has 111 heavy (non-hydrogen) atoms. The highest BCUT2D eigenvalue weighted by Gasteiger charge is 2.29. The SMILES string of the molecule is Cc1ccc(Cn2ccc3c(=O)n(-c4cc(-c5ccnc(C(C)(C)O)n5)ncc4C)c(C)cc32)c(F)c1.Cc1cnc(-c2ccnc(C(C)(C)O)n2)cc1-n1c(C)cc2c(c1=O)CCN2Cc1ncc(F)cc1C.Cc1cnc(Cn2ncc3c(=O)n(-c4cc(-c5ccnc(C(C)(C)O)n5)ncc4C)c(C)cc32)c(F)c1. The Morgan fingerprint density at radius 3 is 1.39 bits per heavy atom. The molecule has 1 aliphatic rings. The normalized spacial score (nSPS) is 12.3. The molecule has 1 aromatic carbocycles. The minimum atomic E-state index is -1.21. The van der Waals surface area contributed by atoms with Gasteiger partial charge in [-0.3, -0.25) is 57.7 Å². The number of hydrogen-bond acceptors (Lipinski definition) is 19. The van der Waals surface area contributed by atoms with Crippen molar-refractivity contribution in [1.29, 1.82) is 0 Å². The summed E-state index contributed by atoms with van der Waals surface area (Å²) < 4.78 is 50.9. The van der Waals surface area contributed by atoms with Crippen molar-refractivity contribution in [2.45, 2.75) is 147 Å². The van der Waals surface area contributed by atoms with E-state index in [1.165, 1.54) is 30.6 Å². The average molecular weight is 1500 g/mol. The number of aryl methyl sites for hydroxylation is 9. The first-order chi connectivity index (χ1) is 52.6. The van der Waals surface area contributed by atoms with E-state index >= 15 is 0 Å². The number of halogens is 3. The fourth-order valence-electron chi connectivity index (χ4n) is 13.4.